The van der Waals surface area contributed by atoms with Gasteiger partial charge in [-0.05, 0) is 24.0 Å². The average Bonchev–Trinajstić information content (AvgIpc) is 3.31. The van der Waals surface area contributed by atoms with E-state index in [1.54, 1.807) is 54.6 Å². The number of hydrogen-bond donors (Lipinski definition) is 1. The Balaban J connectivity index is 1.94. The Hall–Kier alpha value is -2.68. The van der Waals surface area contributed by atoms with Gasteiger partial charge in [-0.1, -0.05) is 77.2 Å². The molecule has 0 unspecified atom stereocenters. The fourth-order valence-electron chi connectivity index (χ4n) is 3.16. The van der Waals surface area contributed by atoms with Crippen molar-refractivity contribution in [2.45, 2.75) is 10.4 Å². The normalized spacial score (nSPS) is 18.4. The van der Waals surface area contributed by atoms with Crippen molar-refractivity contribution in [3.05, 3.63) is 76.3 Å². The molecule has 0 spiro atoms. The van der Waals surface area contributed by atoms with E-state index in [1.807, 2.05) is 6.26 Å². The Morgan fingerprint density at radius 1 is 1.14 bits per heavy atom. The lowest BCUT2D eigenvalue weighted by molar-refractivity contribution is -0.132. The zero-order chi connectivity index (χ0) is 20.5. The minimum atomic E-state index is -0.864. The molecule has 1 N–H and O–H groups in total. The van der Waals surface area contributed by atoms with Gasteiger partial charge in [-0.3, -0.25) is 14.5 Å². The quantitative estimate of drug-likeness (QED) is 0.209. The molecule has 1 amide bonds. The number of aliphatic hydroxyl groups excluding tert-OH is 1. The van der Waals surface area contributed by atoms with E-state index in [9.17, 15) is 14.7 Å². The molecule has 3 aromatic rings. The number of hydrogen-bond acceptors (Lipinski definition) is 7. The maximum Gasteiger partial charge on any atom is 0.301 e. The summed E-state index contributed by atoms with van der Waals surface area (Å²) in [6.45, 7) is 0. The molecule has 1 atom stereocenters. The van der Waals surface area contributed by atoms with Gasteiger partial charge in [0.25, 0.3) is 5.78 Å². The van der Waals surface area contributed by atoms with Gasteiger partial charge in [0.15, 0.2) is 4.34 Å². The monoisotopic (exact) mass is 443 g/mol. The molecule has 9 heteroatoms. The second kappa shape index (κ2) is 7.98. The van der Waals surface area contributed by atoms with Gasteiger partial charge < -0.3 is 5.11 Å². The van der Waals surface area contributed by atoms with Crippen LogP contribution in [-0.4, -0.2) is 33.3 Å². The Labute approximate surface area is 179 Å². The second-order valence-electron chi connectivity index (χ2n) is 6.14. The van der Waals surface area contributed by atoms with E-state index < -0.39 is 17.7 Å². The van der Waals surface area contributed by atoms with Crippen LogP contribution in [0.4, 0.5) is 5.13 Å². The smallest absolute Gasteiger partial charge is 0.301 e. The van der Waals surface area contributed by atoms with E-state index in [2.05, 4.69) is 10.2 Å². The number of halogens is 1. The van der Waals surface area contributed by atoms with Gasteiger partial charge in [-0.25, -0.2) is 0 Å². The Bertz CT molecular complexity index is 1130. The van der Waals surface area contributed by atoms with E-state index in [0.29, 0.717) is 20.5 Å². The molecule has 0 bridgehead atoms. The number of carbonyl (C=O) groups is 2. The van der Waals surface area contributed by atoms with E-state index in [4.69, 9.17) is 11.6 Å². The SMILES string of the molecule is CSc1nnc(N2C(=O)C(=O)/C(=C(/O)c3ccccc3)[C@H]2c2cccc(Cl)c2)s1. The van der Waals surface area contributed by atoms with Crippen molar-refractivity contribution in [2.75, 3.05) is 11.2 Å². The van der Waals surface area contributed by atoms with E-state index >= 15 is 0 Å². The van der Waals surface area contributed by atoms with Crippen molar-refractivity contribution < 1.29 is 14.7 Å². The van der Waals surface area contributed by atoms with E-state index in [0.717, 1.165) is 0 Å². The van der Waals surface area contributed by atoms with Crippen LogP contribution in [0, 0.1) is 0 Å². The zero-order valence-corrected chi connectivity index (χ0v) is 17.5. The Kier molecular flexibility index (Phi) is 5.40. The molecular weight excluding hydrogens is 430 g/mol. The van der Waals surface area contributed by atoms with Crippen molar-refractivity contribution in [2.24, 2.45) is 0 Å². The third kappa shape index (κ3) is 3.55. The van der Waals surface area contributed by atoms with Gasteiger partial charge in [0.2, 0.25) is 5.13 Å². The van der Waals surface area contributed by atoms with Crippen molar-refractivity contribution in [3.8, 4) is 0 Å². The molecule has 1 aromatic heterocycles. The lowest BCUT2D eigenvalue weighted by atomic mass is 9.95. The number of benzene rings is 2. The molecule has 1 fully saturated rings. The summed E-state index contributed by atoms with van der Waals surface area (Å²) in [7, 11) is 0. The Morgan fingerprint density at radius 3 is 2.55 bits per heavy atom. The highest BCUT2D eigenvalue weighted by Gasteiger charge is 2.48. The van der Waals surface area contributed by atoms with Gasteiger partial charge in [-0.15, -0.1) is 10.2 Å². The predicted molar refractivity (Wildman–Crippen MR) is 114 cm³/mol. The fraction of sp³-hybridized carbons (Fsp3) is 0.100. The first-order valence-corrected chi connectivity index (χ1v) is 10.9. The molecule has 1 aliphatic rings. The van der Waals surface area contributed by atoms with E-state index in [-0.39, 0.29) is 16.5 Å². The number of anilines is 1. The van der Waals surface area contributed by atoms with Crippen LogP contribution in [0.3, 0.4) is 0 Å². The van der Waals surface area contributed by atoms with Gasteiger partial charge in [0, 0.05) is 10.6 Å². The first-order valence-electron chi connectivity index (χ1n) is 8.50. The van der Waals surface area contributed by atoms with Crippen molar-refractivity contribution >= 4 is 57.3 Å². The van der Waals surface area contributed by atoms with Gasteiger partial charge >= 0.3 is 5.91 Å². The summed E-state index contributed by atoms with van der Waals surface area (Å²) < 4.78 is 0.662. The van der Waals surface area contributed by atoms with Crippen LogP contribution in [0.25, 0.3) is 5.76 Å². The molecular formula is C20H14ClN3O3S2. The third-order valence-electron chi connectivity index (χ3n) is 4.43. The Morgan fingerprint density at radius 2 is 1.90 bits per heavy atom. The highest BCUT2D eigenvalue weighted by atomic mass is 35.5. The lowest BCUT2D eigenvalue weighted by Gasteiger charge is -2.22. The number of carbonyl (C=O) groups excluding carboxylic acids is 2. The van der Waals surface area contributed by atoms with Crippen molar-refractivity contribution in [3.63, 3.8) is 0 Å². The molecule has 4 rings (SSSR count). The summed E-state index contributed by atoms with van der Waals surface area (Å²) >= 11 is 8.76. The van der Waals surface area contributed by atoms with Gasteiger partial charge in [0.1, 0.15) is 5.76 Å². The molecule has 0 aliphatic carbocycles. The summed E-state index contributed by atoms with van der Waals surface area (Å²) in [5.74, 6) is -1.79. The summed E-state index contributed by atoms with van der Waals surface area (Å²) in [4.78, 5) is 27.2. The molecule has 6 nitrogen and oxygen atoms in total. The molecule has 2 aromatic carbocycles. The number of ketones is 1. The predicted octanol–water partition coefficient (Wildman–Crippen LogP) is 4.54. The molecule has 29 heavy (non-hydrogen) atoms. The number of nitrogens with zero attached hydrogens (tertiary/aromatic N) is 3. The first kappa shape index (κ1) is 19.6. The van der Waals surface area contributed by atoms with Crippen LogP contribution in [0.1, 0.15) is 17.2 Å². The average molecular weight is 444 g/mol. The summed E-state index contributed by atoms with van der Waals surface area (Å²) in [6.07, 6.45) is 1.85. The summed E-state index contributed by atoms with van der Waals surface area (Å²) in [5.41, 5.74) is 1.03. The highest BCUT2D eigenvalue weighted by molar-refractivity contribution is 8.00. The number of aliphatic hydroxyl groups is 1. The minimum Gasteiger partial charge on any atom is -0.507 e. The van der Waals surface area contributed by atoms with Crippen LogP contribution in [0.15, 0.2) is 64.5 Å². The van der Waals surface area contributed by atoms with Crippen LogP contribution < -0.4 is 4.90 Å². The maximum absolute atomic E-state index is 13.0. The lowest BCUT2D eigenvalue weighted by Crippen LogP contribution is -2.29. The largest absolute Gasteiger partial charge is 0.507 e. The summed E-state index contributed by atoms with van der Waals surface area (Å²) in [6, 6.07) is 14.6. The van der Waals surface area contributed by atoms with Gasteiger partial charge in [-0.2, -0.15) is 0 Å². The van der Waals surface area contributed by atoms with Crippen molar-refractivity contribution in [1.82, 2.24) is 10.2 Å². The number of amides is 1. The number of Topliss-reactive ketones (excluding diaryl/α,β-unsaturated/α-hetero) is 1. The topological polar surface area (TPSA) is 83.4 Å². The molecule has 0 radical (unpaired) electrons. The molecule has 1 aliphatic heterocycles. The summed E-state index contributed by atoms with van der Waals surface area (Å²) in [5, 5.41) is 19.8. The molecule has 146 valence electrons. The van der Waals surface area contributed by atoms with Crippen LogP contribution >= 0.6 is 34.7 Å². The maximum atomic E-state index is 13.0. The number of thioether (sulfide) groups is 1. The van der Waals surface area contributed by atoms with Crippen molar-refractivity contribution in [1.29, 1.82) is 0 Å². The standard InChI is InChI=1S/C20H14ClN3O3S2/c1-28-20-23-22-19(29-20)24-15(12-8-5-9-13(21)10-12)14(17(26)18(24)27)16(25)11-6-3-2-4-7-11/h2-10,15,25H,1H3/b16-14+/t15-/m1/s1. The minimum absolute atomic E-state index is 0.00984. The third-order valence-corrected chi connectivity index (χ3v) is 6.57. The highest BCUT2D eigenvalue weighted by Crippen LogP contribution is 2.43. The first-order chi connectivity index (χ1) is 14.0. The van der Waals surface area contributed by atoms with Crippen LogP contribution in [0.2, 0.25) is 5.02 Å². The van der Waals surface area contributed by atoms with E-state index in [1.165, 1.54) is 28.0 Å². The zero-order valence-electron chi connectivity index (χ0n) is 15.1. The second-order valence-corrected chi connectivity index (χ2v) is 8.59. The van der Waals surface area contributed by atoms with Gasteiger partial charge in [0.05, 0.1) is 11.6 Å². The van der Waals surface area contributed by atoms with Crippen LogP contribution in [-0.2, 0) is 9.59 Å². The van der Waals surface area contributed by atoms with Crippen LogP contribution in [0.5, 0.6) is 0 Å². The fourth-order valence-corrected chi connectivity index (χ4v) is 4.64. The molecule has 0 saturated carbocycles. The molecule has 2 heterocycles. The number of rotatable bonds is 4. The number of aromatic nitrogens is 2. The molecule has 1 saturated heterocycles.